The molecular formula is C49H51FN12O3. The molecule has 6 N–H and O–H groups in total. The third kappa shape index (κ3) is 13.5. The third-order valence-electron chi connectivity index (χ3n) is 10.4. The topological polar surface area (TPSA) is 193 Å². The number of amides is 2. The van der Waals surface area contributed by atoms with E-state index in [4.69, 9.17) is 4.74 Å². The van der Waals surface area contributed by atoms with Crippen LogP contribution in [0.1, 0.15) is 53.5 Å². The molecule has 332 valence electrons. The number of benzene rings is 5. The first-order chi connectivity index (χ1) is 31.8. The van der Waals surface area contributed by atoms with E-state index in [0.29, 0.717) is 84.6 Å². The Morgan fingerprint density at radius 3 is 1.58 bits per heavy atom. The standard InChI is InChI=1S/C49H51FN12O3/c1-33-39(21-10-23-41(33)59-48-55-31-53-46(61-48)51-28-12-18-36-16-6-8-20-38(36)50)57-44(63)26-27-45(64)58-40-22-11-24-42(34(40)2)60-49-56-32-54-47(62-49)52-29-13-19-37-17-7-9-25-43(37)65-30-35-14-4-3-5-15-35/h3-11,14-17,20-25,31-32H,12-13,18-19,26-30H2,1-2H3,(H,57,63)(H,58,64)(H2,51,53,55,59,61)(H2,52,54,56,60,62). The van der Waals surface area contributed by atoms with Crippen molar-refractivity contribution >= 4 is 58.4 Å². The minimum absolute atomic E-state index is 0.0321. The highest BCUT2D eigenvalue weighted by Crippen LogP contribution is 2.28. The van der Waals surface area contributed by atoms with E-state index in [9.17, 15) is 14.0 Å². The van der Waals surface area contributed by atoms with E-state index < -0.39 is 0 Å². The summed E-state index contributed by atoms with van der Waals surface area (Å²) in [5.41, 5.74) is 7.01. The molecule has 65 heavy (non-hydrogen) atoms. The largest absolute Gasteiger partial charge is 0.489 e. The Labute approximate surface area is 377 Å². The highest BCUT2D eigenvalue weighted by atomic mass is 19.1. The number of aryl methyl sites for hydroxylation is 2. The van der Waals surface area contributed by atoms with Crippen LogP contribution < -0.4 is 36.6 Å². The molecular weight excluding hydrogens is 824 g/mol. The van der Waals surface area contributed by atoms with Crippen LogP contribution in [-0.2, 0) is 29.0 Å². The number of nitrogens with one attached hydrogen (secondary N) is 6. The van der Waals surface area contributed by atoms with Gasteiger partial charge < -0.3 is 36.6 Å². The molecule has 0 atom stereocenters. The van der Waals surface area contributed by atoms with Crippen LogP contribution >= 0.6 is 0 Å². The molecule has 0 spiro atoms. The molecule has 0 fully saturated rings. The first-order valence-electron chi connectivity index (χ1n) is 21.4. The van der Waals surface area contributed by atoms with Gasteiger partial charge in [0.05, 0.1) is 0 Å². The van der Waals surface area contributed by atoms with Gasteiger partial charge in [-0.05, 0) is 104 Å². The highest BCUT2D eigenvalue weighted by molar-refractivity contribution is 5.98. The number of hydrogen-bond donors (Lipinski definition) is 6. The predicted octanol–water partition coefficient (Wildman–Crippen LogP) is 9.33. The number of rotatable bonds is 22. The Kier molecular flexibility index (Phi) is 15.9. The van der Waals surface area contributed by atoms with Crippen molar-refractivity contribution in [3.63, 3.8) is 0 Å². The first kappa shape index (κ1) is 45.0. The maximum absolute atomic E-state index is 13.9. The zero-order chi connectivity index (χ0) is 45.2. The van der Waals surface area contributed by atoms with Gasteiger partial charge in [-0.3, -0.25) is 9.59 Å². The lowest BCUT2D eigenvalue weighted by molar-refractivity contribution is -0.121. The fourth-order valence-electron chi connectivity index (χ4n) is 6.84. The molecule has 0 aliphatic rings. The summed E-state index contributed by atoms with van der Waals surface area (Å²) in [6.07, 6.45) is 5.69. The number of carbonyl (C=O) groups excluding carboxylic acids is 2. The number of hydrogen-bond acceptors (Lipinski definition) is 13. The van der Waals surface area contributed by atoms with Gasteiger partial charge in [-0.1, -0.05) is 78.9 Å². The SMILES string of the molecule is Cc1c(NC(=O)CCC(=O)Nc2cccc(Nc3ncnc(NCCCc4ccccc4OCc4ccccc4)n3)c2C)cccc1Nc1ncnc(NCCCc2ccccc2F)n1. The van der Waals surface area contributed by atoms with Crippen molar-refractivity contribution in [2.24, 2.45) is 0 Å². The Morgan fingerprint density at radius 1 is 0.538 bits per heavy atom. The smallest absolute Gasteiger partial charge is 0.232 e. The fraction of sp³-hybridized carbons (Fsp3) is 0.224. The molecule has 15 nitrogen and oxygen atoms in total. The molecule has 7 aromatic rings. The molecule has 5 aromatic carbocycles. The Morgan fingerprint density at radius 2 is 1.02 bits per heavy atom. The summed E-state index contributed by atoms with van der Waals surface area (Å²) in [4.78, 5) is 52.1. The van der Waals surface area contributed by atoms with Crippen molar-refractivity contribution in [2.45, 2.75) is 59.0 Å². The van der Waals surface area contributed by atoms with Crippen LogP contribution in [0, 0.1) is 19.7 Å². The summed E-state index contributed by atoms with van der Waals surface area (Å²) >= 11 is 0. The summed E-state index contributed by atoms with van der Waals surface area (Å²) in [7, 11) is 0. The summed E-state index contributed by atoms with van der Waals surface area (Å²) in [6.45, 7) is 5.43. The lowest BCUT2D eigenvalue weighted by atomic mass is 10.1. The van der Waals surface area contributed by atoms with E-state index >= 15 is 0 Å². The minimum atomic E-state index is -0.313. The third-order valence-corrected chi connectivity index (χ3v) is 10.4. The number of halogens is 1. The van der Waals surface area contributed by atoms with Crippen molar-refractivity contribution in [3.8, 4) is 5.75 Å². The predicted molar refractivity (Wildman–Crippen MR) is 252 cm³/mol. The Balaban J connectivity index is 0.844. The maximum Gasteiger partial charge on any atom is 0.232 e. The second kappa shape index (κ2) is 22.9. The fourth-order valence-corrected chi connectivity index (χ4v) is 6.84. The van der Waals surface area contributed by atoms with Gasteiger partial charge in [0.15, 0.2) is 0 Å². The van der Waals surface area contributed by atoms with E-state index in [-0.39, 0.29) is 30.5 Å². The molecule has 0 bridgehead atoms. The van der Waals surface area contributed by atoms with Gasteiger partial charge in [-0.25, -0.2) is 24.3 Å². The van der Waals surface area contributed by atoms with Crippen LogP contribution in [0.15, 0.2) is 128 Å². The van der Waals surface area contributed by atoms with Crippen molar-refractivity contribution < 1.29 is 18.7 Å². The molecule has 0 saturated heterocycles. The van der Waals surface area contributed by atoms with Crippen molar-refractivity contribution in [1.29, 1.82) is 0 Å². The van der Waals surface area contributed by atoms with Gasteiger partial charge in [0.25, 0.3) is 0 Å². The number of nitrogens with zero attached hydrogens (tertiary/aromatic N) is 6. The maximum atomic E-state index is 13.9. The van der Waals surface area contributed by atoms with Crippen molar-refractivity contribution in [1.82, 2.24) is 29.9 Å². The zero-order valence-corrected chi connectivity index (χ0v) is 36.3. The molecule has 0 aliphatic heterocycles. The quantitative estimate of drug-likeness (QED) is 0.0353. The van der Waals surface area contributed by atoms with E-state index in [1.807, 2.05) is 86.6 Å². The van der Waals surface area contributed by atoms with Gasteiger partial charge in [-0.15, -0.1) is 0 Å². The summed E-state index contributed by atoms with van der Waals surface area (Å²) < 4.78 is 20.1. The average molecular weight is 875 g/mol. The number of anilines is 8. The molecule has 0 radical (unpaired) electrons. The van der Waals surface area contributed by atoms with Crippen molar-refractivity contribution in [2.75, 3.05) is 45.0 Å². The number of ether oxygens (including phenoxy) is 1. The minimum Gasteiger partial charge on any atom is -0.489 e. The summed E-state index contributed by atoms with van der Waals surface area (Å²) in [5.74, 6) is 1.52. The van der Waals surface area contributed by atoms with Crippen LogP contribution in [0.2, 0.25) is 0 Å². The second-order valence-electron chi connectivity index (χ2n) is 15.1. The van der Waals surface area contributed by atoms with Crippen LogP contribution in [-0.4, -0.2) is 54.8 Å². The van der Waals surface area contributed by atoms with E-state index in [2.05, 4.69) is 67.9 Å². The van der Waals surface area contributed by atoms with Crippen molar-refractivity contribution in [3.05, 3.63) is 162 Å². The summed E-state index contributed by atoms with van der Waals surface area (Å²) in [5, 5.41) is 18.7. The lowest BCUT2D eigenvalue weighted by Crippen LogP contribution is -2.18. The average Bonchev–Trinajstić information content (AvgIpc) is 3.32. The van der Waals surface area contributed by atoms with Crippen LogP contribution in [0.3, 0.4) is 0 Å². The van der Waals surface area contributed by atoms with E-state index in [0.717, 1.165) is 40.8 Å². The molecule has 0 unspecified atom stereocenters. The number of carbonyl (C=O) groups is 2. The first-order valence-corrected chi connectivity index (χ1v) is 21.4. The van der Waals surface area contributed by atoms with Crippen LogP contribution in [0.25, 0.3) is 0 Å². The van der Waals surface area contributed by atoms with E-state index in [1.165, 1.54) is 18.7 Å². The Hall–Kier alpha value is -8.01. The normalized spacial score (nSPS) is 10.8. The zero-order valence-electron chi connectivity index (χ0n) is 36.3. The van der Waals surface area contributed by atoms with Gasteiger partial charge in [0.1, 0.15) is 30.8 Å². The van der Waals surface area contributed by atoms with Gasteiger partial charge in [0.2, 0.25) is 35.6 Å². The molecule has 0 aliphatic carbocycles. The summed E-state index contributed by atoms with van der Waals surface area (Å²) in [6, 6.07) is 35.8. The molecule has 7 rings (SSSR count). The lowest BCUT2D eigenvalue weighted by Gasteiger charge is -2.15. The Bertz CT molecular complexity index is 2690. The molecule has 2 amide bonds. The van der Waals surface area contributed by atoms with Gasteiger partial charge >= 0.3 is 0 Å². The molecule has 16 heteroatoms. The van der Waals surface area contributed by atoms with Crippen LogP contribution in [0.4, 0.5) is 50.9 Å². The van der Waals surface area contributed by atoms with Gasteiger partial charge in [0, 0.05) is 48.7 Å². The monoisotopic (exact) mass is 874 g/mol. The van der Waals surface area contributed by atoms with Gasteiger partial charge in [-0.2, -0.15) is 9.97 Å². The molecule has 2 aromatic heterocycles. The highest BCUT2D eigenvalue weighted by Gasteiger charge is 2.14. The molecule has 0 saturated carbocycles. The number of aromatic nitrogens is 6. The second-order valence-corrected chi connectivity index (χ2v) is 15.1. The van der Waals surface area contributed by atoms with Crippen LogP contribution in [0.5, 0.6) is 5.75 Å². The number of para-hydroxylation sites is 1. The van der Waals surface area contributed by atoms with E-state index in [1.54, 1.807) is 30.3 Å². The molecule has 2 heterocycles.